The number of rotatable bonds is 4. The van der Waals surface area contributed by atoms with E-state index >= 15 is 0 Å². The van der Waals surface area contributed by atoms with Gasteiger partial charge in [0, 0.05) is 45.0 Å². The third kappa shape index (κ3) is 3.21. The molecule has 1 aromatic rings. The molecular formula is C14H24N4. The molecule has 1 aliphatic rings. The third-order valence-electron chi connectivity index (χ3n) is 3.56. The summed E-state index contributed by atoms with van der Waals surface area (Å²) in [6.45, 7) is 9.84. The van der Waals surface area contributed by atoms with Crippen molar-refractivity contribution < 1.29 is 0 Å². The summed E-state index contributed by atoms with van der Waals surface area (Å²) in [6.07, 6.45) is 1.97. The number of hydrogen-bond acceptors (Lipinski definition) is 4. The molecule has 0 aromatic carbocycles. The Kier molecular flexibility index (Phi) is 4.55. The second kappa shape index (κ2) is 6.16. The zero-order chi connectivity index (χ0) is 13.0. The molecule has 1 fully saturated rings. The van der Waals surface area contributed by atoms with Gasteiger partial charge in [-0.2, -0.15) is 0 Å². The van der Waals surface area contributed by atoms with Crippen molar-refractivity contribution in [3.05, 3.63) is 23.9 Å². The van der Waals surface area contributed by atoms with Gasteiger partial charge >= 0.3 is 0 Å². The van der Waals surface area contributed by atoms with Crippen LogP contribution < -0.4 is 10.2 Å². The van der Waals surface area contributed by atoms with Gasteiger partial charge in [-0.05, 0) is 32.5 Å². The van der Waals surface area contributed by atoms with Gasteiger partial charge < -0.3 is 10.2 Å². The summed E-state index contributed by atoms with van der Waals surface area (Å²) in [5, 5.41) is 3.14. The fraction of sp³-hybridized carbons (Fsp3) is 0.643. The molecule has 18 heavy (non-hydrogen) atoms. The van der Waals surface area contributed by atoms with Crippen LogP contribution in [0.2, 0.25) is 0 Å². The van der Waals surface area contributed by atoms with Crippen molar-refractivity contribution in [2.75, 3.05) is 38.1 Å². The van der Waals surface area contributed by atoms with Crippen LogP contribution in [0.25, 0.3) is 0 Å². The largest absolute Gasteiger partial charge is 0.354 e. The quantitative estimate of drug-likeness (QED) is 0.871. The predicted octanol–water partition coefficient (Wildman–Crippen LogP) is 1.33. The van der Waals surface area contributed by atoms with Gasteiger partial charge in [0.2, 0.25) is 0 Å². The fourth-order valence-electron chi connectivity index (χ4n) is 2.38. The van der Waals surface area contributed by atoms with Gasteiger partial charge in [0.25, 0.3) is 0 Å². The van der Waals surface area contributed by atoms with Crippen LogP contribution in [0.5, 0.6) is 0 Å². The van der Waals surface area contributed by atoms with Crippen molar-refractivity contribution >= 4 is 5.82 Å². The number of nitrogens with one attached hydrogen (secondary N) is 1. The van der Waals surface area contributed by atoms with Crippen LogP contribution >= 0.6 is 0 Å². The summed E-state index contributed by atoms with van der Waals surface area (Å²) in [6, 6.07) is 4.95. The molecule has 1 saturated heterocycles. The monoisotopic (exact) mass is 248 g/mol. The molecule has 0 saturated carbocycles. The third-order valence-corrected chi connectivity index (χ3v) is 3.56. The van der Waals surface area contributed by atoms with Crippen LogP contribution in [0.15, 0.2) is 18.3 Å². The molecule has 2 heterocycles. The minimum atomic E-state index is 0.651. The SMILES string of the molecule is CNCc1ccc(N2CCN(C(C)C)CC2)nc1. The first-order valence-corrected chi connectivity index (χ1v) is 6.79. The summed E-state index contributed by atoms with van der Waals surface area (Å²) < 4.78 is 0. The molecule has 1 aliphatic heterocycles. The first-order chi connectivity index (χ1) is 8.70. The van der Waals surface area contributed by atoms with E-state index in [1.165, 1.54) is 5.56 Å². The molecule has 2 rings (SSSR count). The molecule has 1 aromatic heterocycles. The maximum Gasteiger partial charge on any atom is 0.128 e. The number of pyridine rings is 1. The Morgan fingerprint density at radius 3 is 2.44 bits per heavy atom. The summed E-state index contributed by atoms with van der Waals surface area (Å²) in [4.78, 5) is 9.46. The fourth-order valence-corrected chi connectivity index (χ4v) is 2.38. The zero-order valence-corrected chi connectivity index (χ0v) is 11.7. The molecule has 100 valence electrons. The Bertz CT molecular complexity index is 353. The van der Waals surface area contributed by atoms with Gasteiger partial charge in [0.05, 0.1) is 0 Å². The maximum atomic E-state index is 4.56. The van der Waals surface area contributed by atoms with E-state index in [1.807, 2.05) is 13.2 Å². The van der Waals surface area contributed by atoms with Gasteiger partial charge in [0.1, 0.15) is 5.82 Å². The molecule has 0 atom stereocenters. The smallest absolute Gasteiger partial charge is 0.128 e. The molecule has 0 spiro atoms. The van der Waals surface area contributed by atoms with E-state index < -0.39 is 0 Å². The number of nitrogens with zero attached hydrogens (tertiary/aromatic N) is 3. The number of anilines is 1. The standard InChI is InChI=1S/C14H24N4/c1-12(2)17-6-8-18(9-7-17)14-5-4-13(10-15-3)11-16-14/h4-5,11-12,15H,6-10H2,1-3H3. The number of piperazine rings is 1. The summed E-state index contributed by atoms with van der Waals surface area (Å²) in [5.74, 6) is 1.11. The zero-order valence-electron chi connectivity index (χ0n) is 11.7. The minimum absolute atomic E-state index is 0.651. The van der Waals surface area contributed by atoms with Crippen molar-refractivity contribution in [2.24, 2.45) is 0 Å². The Hall–Kier alpha value is -1.13. The first kappa shape index (κ1) is 13.3. The van der Waals surface area contributed by atoms with Crippen molar-refractivity contribution in [1.82, 2.24) is 15.2 Å². The topological polar surface area (TPSA) is 31.4 Å². The lowest BCUT2D eigenvalue weighted by atomic mass is 10.2. The van der Waals surface area contributed by atoms with Crippen molar-refractivity contribution in [3.8, 4) is 0 Å². The molecule has 0 radical (unpaired) electrons. The van der Waals surface area contributed by atoms with Gasteiger partial charge in [-0.1, -0.05) is 6.07 Å². The summed E-state index contributed by atoms with van der Waals surface area (Å²) >= 11 is 0. The highest BCUT2D eigenvalue weighted by molar-refractivity contribution is 5.39. The lowest BCUT2D eigenvalue weighted by molar-refractivity contribution is 0.209. The van der Waals surface area contributed by atoms with Crippen LogP contribution in [0.3, 0.4) is 0 Å². The van der Waals surface area contributed by atoms with E-state index in [4.69, 9.17) is 0 Å². The Morgan fingerprint density at radius 2 is 1.94 bits per heavy atom. The van der Waals surface area contributed by atoms with E-state index in [0.717, 1.165) is 38.5 Å². The van der Waals surface area contributed by atoms with Gasteiger partial charge in [-0.25, -0.2) is 4.98 Å². The van der Waals surface area contributed by atoms with Crippen molar-refractivity contribution in [1.29, 1.82) is 0 Å². The lowest BCUT2D eigenvalue weighted by Crippen LogP contribution is -2.49. The van der Waals surface area contributed by atoms with Crippen LogP contribution in [0, 0.1) is 0 Å². The number of hydrogen-bond donors (Lipinski definition) is 1. The maximum absolute atomic E-state index is 4.56. The molecule has 0 bridgehead atoms. The Morgan fingerprint density at radius 1 is 1.22 bits per heavy atom. The van der Waals surface area contributed by atoms with Gasteiger partial charge in [0.15, 0.2) is 0 Å². The molecule has 4 heteroatoms. The van der Waals surface area contributed by atoms with Crippen LogP contribution in [-0.2, 0) is 6.54 Å². The molecule has 0 aliphatic carbocycles. The van der Waals surface area contributed by atoms with Gasteiger partial charge in [-0.3, -0.25) is 4.90 Å². The summed E-state index contributed by atoms with van der Waals surface area (Å²) in [7, 11) is 1.96. The molecule has 0 amide bonds. The highest BCUT2D eigenvalue weighted by Crippen LogP contribution is 2.15. The molecule has 0 unspecified atom stereocenters. The van der Waals surface area contributed by atoms with E-state index in [-0.39, 0.29) is 0 Å². The second-order valence-corrected chi connectivity index (χ2v) is 5.17. The number of aromatic nitrogens is 1. The van der Waals surface area contributed by atoms with Crippen LogP contribution in [0.1, 0.15) is 19.4 Å². The normalized spacial score (nSPS) is 17.4. The first-order valence-electron chi connectivity index (χ1n) is 6.79. The van der Waals surface area contributed by atoms with E-state index in [1.54, 1.807) is 0 Å². The molecule has 4 nitrogen and oxygen atoms in total. The Labute approximate surface area is 110 Å². The van der Waals surface area contributed by atoms with Crippen LogP contribution in [-0.4, -0.2) is 49.2 Å². The second-order valence-electron chi connectivity index (χ2n) is 5.17. The van der Waals surface area contributed by atoms with Crippen LogP contribution in [0.4, 0.5) is 5.82 Å². The average Bonchev–Trinajstić information content (AvgIpc) is 2.40. The van der Waals surface area contributed by atoms with E-state index in [2.05, 4.69) is 46.1 Å². The molecular weight excluding hydrogens is 224 g/mol. The lowest BCUT2D eigenvalue weighted by Gasteiger charge is -2.37. The highest BCUT2D eigenvalue weighted by Gasteiger charge is 2.19. The predicted molar refractivity (Wildman–Crippen MR) is 75.9 cm³/mol. The molecule has 1 N–H and O–H groups in total. The van der Waals surface area contributed by atoms with E-state index in [0.29, 0.717) is 6.04 Å². The van der Waals surface area contributed by atoms with E-state index in [9.17, 15) is 0 Å². The summed E-state index contributed by atoms with van der Waals surface area (Å²) in [5.41, 5.74) is 1.24. The highest BCUT2D eigenvalue weighted by atomic mass is 15.3. The Balaban J connectivity index is 1.93. The average molecular weight is 248 g/mol. The van der Waals surface area contributed by atoms with Gasteiger partial charge in [-0.15, -0.1) is 0 Å². The van der Waals surface area contributed by atoms with Crippen molar-refractivity contribution in [2.45, 2.75) is 26.4 Å². The minimum Gasteiger partial charge on any atom is -0.354 e. The van der Waals surface area contributed by atoms with Crippen molar-refractivity contribution in [3.63, 3.8) is 0 Å².